The molecule has 2 heterocycles. The van der Waals surface area contributed by atoms with Crippen LogP contribution in [0.3, 0.4) is 0 Å². The Kier molecular flexibility index (Phi) is 4.15. The number of carbonyl (C=O) groups excluding carboxylic acids is 1. The van der Waals surface area contributed by atoms with Crippen molar-refractivity contribution in [3.05, 3.63) is 0 Å². The van der Waals surface area contributed by atoms with E-state index in [1.807, 2.05) is 4.90 Å². The lowest BCUT2D eigenvalue weighted by molar-refractivity contribution is -0.144. The highest BCUT2D eigenvalue weighted by Gasteiger charge is 2.30. The van der Waals surface area contributed by atoms with Gasteiger partial charge >= 0.3 is 0 Å². The molecule has 16 heavy (non-hydrogen) atoms. The van der Waals surface area contributed by atoms with Gasteiger partial charge in [-0.2, -0.15) is 0 Å². The van der Waals surface area contributed by atoms with Crippen molar-refractivity contribution >= 4 is 5.91 Å². The number of amides is 1. The van der Waals surface area contributed by atoms with E-state index in [2.05, 4.69) is 5.32 Å². The van der Waals surface area contributed by atoms with E-state index >= 15 is 0 Å². The molecule has 0 radical (unpaired) electrons. The normalized spacial score (nSPS) is 30.7. The van der Waals surface area contributed by atoms with Crippen LogP contribution in [0.5, 0.6) is 0 Å². The number of nitrogens with one attached hydrogen (secondary N) is 1. The number of ether oxygens (including phenoxy) is 2. The number of carbonyl (C=O) groups is 1. The first-order valence-electron chi connectivity index (χ1n) is 5.91. The van der Waals surface area contributed by atoms with E-state index in [0.29, 0.717) is 19.8 Å². The largest absolute Gasteiger partial charge is 0.382 e. The number of rotatable bonds is 3. The summed E-state index contributed by atoms with van der Waals surface area (Å²) in [6, 6.07) is 0. The molecule has 5 nitrogen and oxygen atoms in total. The van der Waals surface area contributed by atoms with Crippen molar-refractivity contribution in [1.29, 1.82) is 0 Å². The molecule has 2 aliphatic rings. The Morgan fingerprint density at radius 2 is 2.50 bits per heavy atom. The Morgan fingerprint density at radius 1 is 1.62 bits per heavy atom. The lowest BCUT2D eigenvalue weighted by Crippen LogP contribution is -2.49. The fourth-order valence-corrected chi connectivity index (χ4v) is 2.33. The van der Waals surface area contributed by atoms with Crippen LogP contribution < -0.4 is 5.32 Å². The highest BCUT2D eigenvalue weighted by molar-refractivity contribution is 5.79. The van der Waals surface area contributed by atoms with Crippen molar-refractivity contribution < 1.29 is 14.3 Å². The summed E-state index contributed by atoms with van der Waals surface area (Å²) >= 11 is 0. The summed E-state index contributed by atoms with van der Waals surface area (Å²) in [6.07, 6.45) is 1.00. The maximum Gasteiger partial charge on any atom is 0.227 e. The smallest absolute Gasteiger partial charge is 0.227 e. The average Bonchev–Trinajstić information content (AvgIpc) is 2.82. The maximum absolute atomic E-state index is 12.1. The van der Waals surface area contributed by atoms with E-state index in [4.69, 9.17) is 9.47 Å². The fourth-order valence-electron chi connectivity index (χ4n) is 2.33. The summed E-state index contributed by atoms with van der Waals surface area (Å²) in [6.45, 7) is 4.36. The molecule has 1 amide bonds. The van der Waals surface area contributed by atoms with Gasteiger partial charge in [-0.1, -0.05) is 0 Å². The Labute approximate surface area is 96.1 Å². The summed E-state index contributed by atoms with van der Waals surface area (Å²) in [5.74, 6) is 0.440. The lowest BCUT2D eigenvalue weighted by Gasteiger charge is -2.34. The number of hydrogen-bond acceptors (Lipinski definition) is 4. The average molecular weight is 228 g/mol. The first-order valence-corrected chi connectivity index (χ1v) is 5.91. The monoisotopic (exact) mass is 228 g/mol. The fraction of sp³-hybridized carbons (Fsp3) is 0.909. The third-order valence-corrected chi connectivity index (χ3v) is 3.21. The summed E-state index contributed by atoms with van der Waals surface area (Å²) < 4.78 is 10.6. The molecule has 0 bridgehead atoms. The van der Waals surface area contributed by atoms with Gasteiger partial charge in [0.15, 0.2) is 0 Å². The quantitative estimate of drug-likeness (QED) is 0.705. The Bertz CT molecular complexity index is 239. The highest BCUT2D eigenvalue weighted by atomic mass is 16.5. The van der Waals surface area contributed by atoms with Gasteiger partial charge < -0.3 is 19.7 Å². The minimum Gasteiger partial charge on any atom is -0.382 e. The summed E-state index contributed by atoms with van der Waals surface area (Å²) in [7, 11) is 1.66. The van der Waals surface area contributed by atoms with Crippen LogP contribution in [0.15, 0.2) is 0 Å². The summed E-state index contributed by atoms with van der Waals surface area (Å²) in [5, 5.41) is 3.23. The van der Waals surface area contributed by atoms with Crippen LogP contribution in [0, 0.1) is 5.92 Å². The molecule has 0 spiro atoms. The van der Waals surface area contributed by atoms with E-state index in [0.717, 1.165) is 26.1 Å². The molecule has 0 aromatic carbocycles. The SMILES string of the molecule is COCC1CN(C(=O)C2CCNC2)CCO1. The van der Waals surface area contributed by atoms with Crippen LogP contribution in [0.1, 0.15) is 6.42 Å². The molecule has 5 heteroatoms. The van der Waals surface area contributed by atoms with Gasteiger partial charge in [-0.25, -0.2) is 0 Å². The Balaban J connectivity index is 1.85. The van der Waals surface area contributed by atoms with E-state index in [1.54, 1.807) is 7.11 Å². The second-order valence-corrected chi connectivity index (χ2v) is 4.42. The first-order chi connectivity index (χ1) is 7.81. The Hall–Kier alpha value is -0.650. The lowest BCUT2D eigenvalue weighted by atomic mass is 10.1. The van der Waals surface area contributed by atoms with Crippen LogP contribution in [0.4, 0.5) is 0 Å². The van der Waals surface area contributed by atoms with Gasteiger partial charge in [0.05, 0.1) is 25.2 Å². The number of morpholine rings is 1. The standard InChI is InChI=1S/C11H20N2O3/c1-15-8-10-7-13(4-5-16-10)11(14)9-2-3-12-6-9/h9-10,12H,2-8H2,1H3. The topological polar surface area (TPSA) is 50.8 Å². The van der Waals surface area contributed by atoms with Gasteiger partial charge in [-0.3, -0.25) is 4.79 Å². The van der Waals surface area contributed by atoms with E-state index in [-0.39, 0.29) is 17.9 Å². The second-order valence-electron chi connectivity index (χ2n) is 4.42. The Morgan fingerprint density at radius 3 is 3.19 bits per heavy atom. The minimum atomic E-state index is 0.0389. The molecule has 2 atom stereocenters. The van der Waals surface area contributed by atoms with Crippen LogP contribution in [-0.2, 0) is 14.3 Å². The van der Waals surface area contributed by atoms with Gasteiger partial charge in [0.25, 0.3) is 0 Å². The van der Waals surface area contributed by atoms with Crippen molar-refractivity contribution in [1.82, 2.24) is 10.2 Å². The van der Waals surface area contributed by atoms with Gasteiger partial charge in [0, 0.05) is 26.7 Å². The van der Waals surface area contributed by atoms with Crippen LogP contribution in [-0.4, -0.2) is 63.4 Å². The molecule has 2 aliphatic heterocycles. The number of methoxy groups -OCH3 is 1. The molecule has 2 unspecified atom stereocenters. The van der Waals surface area contributed by atoms with Gasteiger partial charge in [-0.15, -0.1) is 0 Å². The van der Waals surface area contributed by atoms with Crippen LogP contribution in [0.25, 0.3) is 0 Å². The third-order valence-electron chi connectivity index (χ3n) is 3.21. The number of hydrogen-bond donors (Lipinski definition) is 1. The predicted molar refractivity (Wildman–Crippen MR) is 59.2 cm³/mol. The molecular weight excluding hydrogens is 208 g/mol. The van der Waals surface area contributed by atoms with Crippen LogP contribution in [0.2, 0.25) is 0 Å². The summed E-state index contributed by atoms with van der Waals surface area (Å²) in [4.78, 5) is 14.1. The van der Waals surface area contributed by atoms with Gasteiger partial charge in [0.1, 0.15) is 0 Å². The molecule has 1 N–H and O–H groups in total. The maximum atomic E-state index is 12.1. The molecule has 0 saturated carbocycles. The van der Waals surface area contributed by atoms with Crippen molar-refractivity contribution in [3.63, 3.8) is 0 Å². The van der Waals surface area contributed by atoms with Crippen molar-refractivity contribution in [2.24, 2.45) is 5.92 Å². The molecule has 0 aliphatic carbocycles. The van der Waals surface area contributed by atoms with E-state index in [1.165, 1.54) is 0 Å². The first kappa shape index (κ1) is 11.8. The molecule has 2 fully saturated rings. The molecule has 0 aromatic rings. The van der Waals surface area contributed by atoms with Gasteiger partial charge in [-0.05, 0) is 13.0 Å². The minimum absolute atomic E-state index is 0.0389. The molecule has 2 saturated heterocycles. The third kappa shape index (κ3) is 2.72. The molecule has 92 valence electrons. The molecule has 0 aromatic heterocycles. The summed E-state index contributed by atoms with van der Waals surface area (Å²) in [5.41, 5.74) is 0. The van der Waals surface area contributed by atoms with E-state index in [9.17, 15) is 4.79 Å². The molecular formula is C11H20N2O3. The zero-order chi connectivity index (χ0) is 11.4. The number of nitrogens with zero attached hydrogens (tertiary/aromatic N) is 1. The zero-order valence-electron chi connectivity index (χ0n) is 9.78. The van der Waals surface area contributed by atoms with Crippen LogP contribution >= 0.6 is 0 Å². The van der Waals surface area contributed by atoms with Crippen molar-refractivity contribution in [2.45, 2.75) is 12.5 Å². The van der Waals surface area contributed by atoms with Crippen molar-refractivity contribution in [2.75, 3.05) is 46.5 Å². The van der Waals surface area contributed by atoms with E-state index < -0.39 is 0 Å². The highest BCUT2D eigenvalue weighted by Crippen LogP contribution is 2.14. The molecule has 2 rings (SSSR count). The van der Waals surface area contributed by atoms with Crippen molar-refractivity contribution in [3.8, 4) is 0 Å². The second kappa shape index (κ2) is 5.61. The van der Waals surface area contributed by atoms with Gasteiger partial charge in [0.2, 0.25) is 5.91 Å². The zero-order valence-corrected chi connectivity index (χ0v) is 9.78. The predicted octanol–water partition coefficient (Wildman–Crippen LogP) is -0.530.